The molecule has 2 aliphatic heterocycles. The molecule has 1 aromatic carbocycles. The Balaban J connectivity index is 1.38. The van der Waals surface area contributed by atoms with Crippen LogP contribution in [0.2, 0.25) is 10.0 Å². The second-order valence-corrected chi connectivity index (χ2v) is 10.1. The summed E-state index contributed by atoms with van der Waals surface area (Å²) in [6.07, 6.45) is 4.17. The quantitative estimate of drug-likeness (QED) is 0.551. The average Bonchev–Trinajstić information content (AvgIpc) is 3.16. The number of hydrogen-bond acceptors (Lipinski definition) is 7. The minimum Gasteiger partial charge on any atom is -0.395 e. The Bertz CT molecular complexity index is 1230. The zero-order chi connectivity index (χ0) is 23.8. The molecule has 2 saturated heterocycles. The van der Waals surface area contributed by atoms with Crippen molar-refractivity contribution in [3.8, 4) is 6.07 Å². The fourth-order valence-electron chi connectivity index (χ4n) is 5.19. The van der Waals surface area contributed by atoms with E-state index in [4.69, 9.17) is 28.2 Å². The zero-order valence-corrected chi connectivity index (χ0v) is 20.5. The predicted octanol–water partition coefficient (Wildman–Crippen LogP) is 3.75. The van der Waals surface area contributed by atoms with Crippen LogP contribution in [-0.4, -0.2) is 69.1 Å². The third-order valence-corrected chi connectivity index (χ3v) is 7.70. The van der Waals surface area contributed by atoms with Gasteiger partial charge >= 0.3 is 0 Å². The number of nitrogens with zero attached hydrogens (tertiary/aromatic N) is 7. The van der Waals surface area contributed by atoms with Crippen LogP contribution in [0.4, 0.5) is 5.82 Å². The van der Waals surface area contributed by atoms with Crippen LogP contribution in [0.1, 0.15) is 37.1 Å². The standard InChI is InChI=1S/C24H27Cl2N7O/c1-15(19-5-4-18(25)9-20(19)26)33-24-23(21(10-27)30-33)28-11-22(29-24)32-13-17(14-32)16-3-2-6-31(12-16)7-8-34/h4-5,9,11,15-17,34H,2-3,6-8,12-14H2,1H3/t15-,16-/m1/s1. The molecule has 2 aliphatic rings. The maximum absolute atomic E-state index is 9.60. The number of benzene rings is 1. The van der Waals surface area contributed by atoms with E-state index < -0.39 is 0 Å². The number of nitriles is 1. The Morgan fingerprint density at radius 2 is 2.06 bits per heavy atom. The van der Waals surface area contributed by atoms with Crippen LogP contribution in [0.25, 0.3) is 11.2 Å². The summed E-state index contributed by atoms with van der Waals surface area (Å²) in [4.78, 5) is 14.1. The van der Waals surface area contributed by atoms with Crippen molar-refractivity contribution in [2.45, 2.75) is 25.8 Å². The number of fused-ring (bicyclic) bond motifs is 1. The van der Waals surface area contributed by atoms with Crippen molar-refractivity contribution in [1.82, 2.24) is 24.6 Å². The van der Waals surface area contributed by atoms with E-state index in [2.05, 4.69) is 26.0 Å². The van der Waals surface area contributed by atoms with Gasteiger partial charge in [-0.05, 0) is 55.8 Å². The summed E-state index contributed by atoms with van der Waals surface area (Å²) in [6, 6.07) is 7.26. The first-order chi connectivity index (χ1) is 16.5. The van der Waals surface area contributed by atoms with Crippen molar-refractivity contribution in [3.63, 3.8) is 0 Å². The van der Waals surface area contributed by atoms with Crippen molar-refractivity contribution >= 4 is 40.2 Å². The van der Waals surface area contributed by atoms with Crippen molar-refractivity contribution in [2.24, 2.45) is 11.8 Å². The van der Waals surface area contributed by atoms with Gasteiger partial charge in [-0.15, -0.1) is 0 Å². The van der Waals surface area contributed by atoms with E-state index in [1.54, 1.807) is 23.0 Å². The SMILES string of the molecule is C[C@H](c1ccc(Cl)cc1Cl)n1nc(C#N)c2ncc(N3CC([C@@H]4CCCN(CCO)C4)C3)nc21. The van der Waals surface area contributed by atoms with Gasteiger partial charge in [-0.25, -0.2) is 14.6 Å². The van der Waals surface area contributed by atoms with Gasteiger partial charge in [0.25, 0.3) is 0 Å². The van der Waals surface area contributed by atoms with Gasteiger partial charge in [-0.3, -0.25) is 0 Å². The highest BCUT2D eigenvalue weighted by atomic mass is 35.5. The molecule has 2 aromatic heterocycles. The van der Waals surface area contributed by atoms with Gasteiger partial charge in [0.2, 0.25) is 0 Å². The lowest BCUT2D eigenvalue weighted by Gasteiger charge is -2.47. The average molecular weight is 500 g/mol. The zero-order valence-electron chi connectivity index (χ0n) is 19.0. The fourth-order valence-corrected chi connectivity index (χ4v) is 5.75. The van der Waals surface area contributed by atoms with Gasteiger partial charge in [-0.2, -0.15) is 10.4 Å². The Kier molecular flexibility index (Phi) is 6.63. The first-order valence-electron chi connectivity index (χ1n) is 11.7. The van der Waals surface area contributed by atoms with E-state index in [1.807, 2.05) is 13.0 Å². The van der Waals surface area contributed by atoms with Gasteiger partial charge in [-0.1, -0.05) is 29.3 Å². The topological polar surface area (TPSA) is 94.1 Å². The molecule has 0 saturated carbocycles. The number of rotatable bonds is 6. The van der Waals surface area contributed by atoms with Crippen LogP contribution in [0, 0.1) is 23.2 Å². The van der Waals surface area contributed by atoms with E-state index in [-0.39, 0.29) is 18.3 Å². The van der Waals surface area contributed by atoms with E-state index in [1.165, 1.54) is 12.8 Å². The molecule has 10 heteroatoms. The normalized spacial score (nSPS) is 20.3. The molecule has 0 bridgehead atoms. The van der Waals surface area contributed by atoms with Gasteiger partial charge < -0.3 is 14.9 Å². The van der Waals surface area contributed by atoms with E-state index in [0.29, 0.717) is 33.0 Å². The third-order valence-electron chi connectivity index (χ3n) is 7.13. The third kappa shape index (κ3) is 4.34. The highest BCUT2D eigenvalue weighted by Gasteiger charge is 2.36. The first kappa shape index (κ1) is 23.3. The van der Waals surface area contributed by atoms with Crippen LogP contribution >= 0.6 is 23.2 Å². The summed E-state index contributed by atoms with van der Waals surface area (Å²) in [5.41, 5.74) is 2.16. The molecule has 0 radical (unpaired) electrons. The number of anilines is 1. The monoisotopic (exact) mass is 499 g/mol. The number of β-amino-alcohol motifs (C(OH)–C–C–N with tert-alkyl or cyclic N) is 1. The Hall–Kier alpha value is -2.44. The number of likely N-dealkylation sites (tertiary alicyclic amines) is 1. The highest BCUT2D eigenvalue weighted by Crippen LogP contribution is 2.35. The minimum absolute atomic E-state index is 0.219. The molecule has 0 aliphatic carbocycles. The Morgan fingerprint density at radius 1 is 1.24 bits per heavy atom. The molecule has 0 amide bonds. The number of aromatic nitrogens is 4. The molecule has 0 unspecified atom stereocenters. The molecule has 0 spiro atoms. The summed E-state index contributed by atoms with van der Waals surface area (Å²) in [5, 5.41) is 24.5. The minimum atomic E-state index is -0.247. The summed E-state index contributed by atoms with van der Waals surface area (Å²) >= 11 is 12.5. The van der Waals surface area contributed by atoms with Crippen molar-refractivity contribution in [3.05, 3.63) is 45.7 Å². The Labute approximate surface area is 208 Å². The highest BCUT2D eigenvalue weighted by molar-refractivity contribution is 6.35. The maximum Gasteiger partial charge on any atom is 0.190 e. The molecule has 2 atom stereocenters. The maximum atomic E-state index is 9.60. The lowest BCUT2D eigenvalue weighted by atomic mass is 9.80. The second-order valence-electron chi connectivity index (χ2n) is 9.24. The van der Waals surface area contributed by atoms with Crippen molar-refractivity contribution in [2.75, 3.05) is 44.2 Å². The summed E-state index contributed by atoms with van der Waals surface area (Å²) < 4.78 is 1.73. The molecule has 5 rings (SSSR count). The summed E-state index contributed by atoms with van der Waals surface area (Å²) in [6.45, 7) is 6.97. The van der Waals surface area contributed by atoms with Gasteiger partial charge in [0, 0.05) is 36.2 Å². The van der Waals surface area contributed by atoms with Crippen LogP contribution < -0.4 is 4.90 Å². The van der Waals surface area contributed by atoms with Gasteiger partial charge in [0.15, 0.2) is 11.3 Å². The van der Waals surface area contributed by atoms with Crippen LogP contribution in [0.5, 0.6) is 0 Å². The van der Waals surface area contributed by atoms with Gasteiger partial charge in [0.1, 0.15) is 17.4 Å². The van der Waals surface area contributed by atoms with Gasteiger partial charge in [0.05, 0.1) is 18.8 Å². The van der Waals surface area contributed by atoms with Crippen LogP contribution in [0.3, 0.4) is 0 Å². The lowest BCUT2D eigenvalue weighted by molar-refractivity contribution is 0.101. The molecule has 178 valence electrons. The number of aliphatic hydroxyl groups is 1. The molecule has 8 nitrogen and oxygen atoms in total. The predicted molar refractivity (Wildman–Crippen MR) is 132 cm³/mol. The molecule has 1 N–H and O–H groups in total. The number of hydrogen-bond donors (Lipinski definition) is 1. The van der Waals surface area contributed by atoms with E-state index >= 15 is 0 Å². The second kappa shape index (κ2) is 9.67. The fraction of sp³-hybridized carbons (Fsp3) is 0.500. The largest absolute Gasteiger partial charge is 0.395 e. The molecule has 2 fully saturated rings. The van der Waals surface area contributed by atoms with Crippen LogP contribution in [0.15, 0.2) is 24.4 Å². The summed E-state index contributed by atoms with van der Waals surface area (Å²) in [7, 11) is 0. The number of halogens is 2. The molecule has 34 heavy (non-hydrogen) atoms. The first-order valence-corrected chi connectivity index (χ1v) is 12.4. The molecular formula is C24H27Cl2N7O. The number of aliphatic hydroxyl groups excluding tert-OH is 1. The van der Waals surface area contributed by atoms with E-state index in [0.717, 1.165) is 44.1 Å². The van der Waals surface area contributed by atoms with Crippen molar-refractivity contribution < 1.29 is 5.11 Å². The van der Waals surface area contributed by atoms with E-state index in [9.17, 15) is 10.4 Å². The molecule has 3 aromatic rings. The van der Waals surface area contributed by atoms with Crippen LogP contribution in [-0.2, 0) is 0 Å². The summed E-state index contributed by atoms with van der Waals surface area (Å²) in [5.74, 6) is 2.06. The smallest absolute Gasteiger partial charge is 0.190 e. The molecular weight excluding hydrogens is 473 g/mol. The lowest BCUT2D eigenvalue weighted by Crippen LogP contribution is -2.54. The van der Waals surface area contributed by atoms with Crippen molar-refractivity contribution in [1.29, 1.82) is 5.26 Å². The molecule has 4 heterocycles. The number of piperidine rings is 1. The Morgan fingerprint density at radius 3 is 2.79 bits per heavy atom.